The van der Waals surface area contributed by atoms with E-state index in [1.54, 1.807) is 0 Å². The van der Waals surface area contributed by atoms with Crippen molar-refractivity contribution in [3.63, 3.8) is 0 Å². The lowest BCUT2D eigenvalue weighted by Crippen LogP contribution is -2.40. The minimum atomic E-state index is 0.0141. The third-order valence-corrected chi connectivity index (χ3v) is 3.25. The fourth-order valence-corrected chi connectivity index (χ4v) is 1.48. The van der Waals surface area contributed by atoms with Crippen molar-refractivity contribution in [1.82, 2.24) is 5.32 Å². The van der Waals surface area contributed by atoms with Crippen LogP contribution in [0.4, 0.5) is 0 Å². The van der Waals surface area contributed by atoms with Gasteiger partial charge in [-0.15, -0.1) is 0 Å². The van der Waals surface area contributed by atoms with Gasteiger partial charge < -0.3 is 10.1 Å². The van der Waals surface area contributed by atoms with Gasteiger partial charge in [0.05, 0.1) is 11.7 Å². The van der Waals surface area contributed by atoms with Crippen LogP contribution >= 0.6 is 0 Å². The van der Waals surface area contributed by atoms with Crippen LogP contribution in [0, 0.1) is 5.92 Å². The Balaban J connectivity index is 2.34. The summed E-state index contributed by atoms with van der Waals surface area (Å²) >= 11 is 0. The largest absolute Gasteiger partial charge is 0.371 e. The Bertz CT molecular complexity index is 185. The molecular weight excluding hydrogens is 186 g/mol. The molecule has 0 heterocycles. The highest BCUT2D eigenvalue weighted by Gasteiger charge is 2.27. The number of hydrogen-bond acceptors (Lipinski definition) is 2. The highest BCUT2D eigenvalue weighted by atomic mass is 16.5. The molecule has 1 fully saturated rings. The Morgan fingerprint density at radius 2 is 1.93 bits per heavy atom. The lowest BCUT2D eigenvalue weighted by molar-refractivity contribution is -0.0900. The molecule has 15 heavy (non-hydrogen) atoms. The maximum absolute atomic E-state index is 6.16. The predicted octanol–water partition coefficient (Wildman–Crippen LogP) is 2.97. The van der Waals surface area contributed by atoms with Crippen LogP contribution in [0.2, 0.25) is 0 Å². The van der Waals surface area contributed by atoms with Gasteiger partial charge in [-0.25, -0.2) is 0 Å². The smallest absolute Gasteiger partial charge is 0.0729 e. The second-order valence-electron chi connectivity index (χ2n) is 5.70. The molecule has 1 atom stereocenters. The van der Waals surface area contributed by atoms with Gasteiger partial charge in [-0.3, -0.25) is 0 Å². The van der Waals surface area contributed by atoms with Crippen LogP contribution in [0.3, 0.4) is 0 Å². The second kappa shape index (κ2) is 5.31. The third kappa shape index (κ3) is 4.98. The molecule has 2 nitrogen and oxygen atoms in total. The Hall–Kier alpha value is -0.0800. The summed E-state index contributed by atoms with van der Waals surface area (Å²) in [5, 5.41) is 3.56. The fourth-order valence-electron chi connectivity index (χ4n) is 1.48. The van der Waals surface area contributed by atoms with Gasteiger partial charge in [0.1, 0.15) is 0 Å². The molecule has 0 saturated heterocycles. The average molecular weight is 213 g/mol. The molecule has 1 saturated carbocycles. The van der Waals surface area contributed by atoms with Crippen LogP contribution < -0.4 is 5.32 Å². The van der Waals surface area contributed by atoms with Crippen molar-refractivity contribution in [2.75, 3.05) is 6.54 Å². The maximum atomic E-state index is 6.16. The predicted molar refractivity (Wildman–Crippen MR) is 65.1 cm³/mol. The molecule has 1 aliphatic carbocycles. The van der Waals surface area contributed by atoms with Crippen LogP contribution in [0.5, 0.6) is 0 Å². The quantitative estimate of drug-likeness (QED) is 0.702. The van der Waals surface area contributed by atoms with Gasteiger partial charge >= 0.3 is 0 Å². The van der Waals surface area contributed by atoms with Gasteiger partial charge in [-0.1, -0.05) is 20.8 Å². The second-order valence-corrected chi connectivity index (χ2v) is 5.70. The van der Waals surface area contributed by atoms with E-state index in [-0.39, 0.29) is 5.60 Å². The summed E-state index contributed by atoms with van der Waals surface area (Å²) in [6.45, 7) is 12.0. The monoisotopic (exact) mass is 213 g/mol. The van der Waals surface area contributed by atoms with Crippen molar-refractivity contribution >= 4 is 0 Å². The summed E-state index contributed by atoms with van der Waals surface area (Å²) in [5.41, 5.74) is 0.0141. The molecule has 1 N–H and O–H groups in total. The molecular formula is C13H27NO. The zero-order valence-electron chi connectivity index (χ0n) is 11.0. The summed E-state index contributed by atoms with van der Waals surface area (Å²) < 4.78 is 6.16. The summed E-state index contributed by atoms with van der Waals surface area (Å²) in [5.74, 6) is 0.585. The Morgan fingerprint density at radius 1 is 1.33 bits per heavy atom. The van der Waals surface area contributed by atoms with E-state index in [0.29, 0.717) is 12.0 Å². The fraction of sp³-hybridized carbons (Fsp3) is 1.00. The van der Waals surface area contributed by atoms with Crippen LogP contribution in [0.25, 0.3) is 0 Å². The Kier molecular flexibility index (Phi) is 4.60. The van der Waals surface area contributed by atoms with E-state index in [1.807, 2.05) is 0 Å². The van der Waals surface area contributed by atoms with Gasteiger partial charge in [0.15, 0.2) is 0 Å². The van der Waals surface area contributed by atoms with Crippen LogP contribution in [-0.2, 0) is 4.74 Å². The van der Waals surface area contributed by atoms with Crippen LogP contribution in [0.15, 0.2) is 0 Å². The zero-order chi connectivity index (χ0) is 11.5. The minimum absolute atomic E-state index is 0.0141. The molecule has 1 rings (SSSR count). The highest BCUT2D eigenvalue weighted by molar-refractivity contribution is 4.83. The summed E-state index contributed by atoms with van der Waals surface area (Å²) in [6, 6.07) is 0.777. The van der Waals surface area contributed by atoms with Gasteiger partial charge in [0.2, 0.25) is 0 Å². The van der Waals surface area contributed by atoms with E-state index in [4.69, 9.17) is 4.74 Å². The van der Waals surface area contributed by atoms with Crippen molar-refractivity contribution in [2.45, 2.75) is 71.6 Å². The van der Waals surface area contributed by atoms with E-state index in [1.165, 1.54) is 12.8 Å². The van der Waals surface area contributed by atoms with Crippen molar-refractivity contribution in [3.05, 3.63) is 0 Å². The first-order valence-electron chi connectivity index (χ1n) is 6.36. The van der Waals surface area contributed by atoms with E-state index in [0.717, 1.165) is 19.0 Å². The lowest BCUT2D eigenvalue weighted by atomic mass is 10.0. The van der Waals surface area contributed by atoms with E-state index in [9.17, 15) is 0 Å². The topological polar surface area (TPSA) is 21.3 Å². The van der Waals surface area contributed by atoms with Gasteiger partial charge in [0.25, 0.3) is 0 Å². The lowest BCUT2D eigenvalue weighted by Gasteiger charge is -2.32. The van der Waals surface area contributed by atoms with Gasteiger partial charge in [-0.05, 0) is 39.0 Å². The van der Waals surface area contributed by atoms with E-state index < -0.39 is 0 Å². The maximum Gasteiger partial charge on any atom is 0.0729 e. The summed E-state index contributed by atoms with van der Waals surface area (Å²) in [4.78, 5) is 0. The minimum Gasteiger partial charge on any atom is -0.371 e. The molecule has 0 aliphatic heterocycles. The number of hydrogen-bond donors (Lipinski definition) is 1. The van der Waals surface area contributed by atoms with Crippen LogP contribution in [0.1, 0.15) is 53.9 Å². The molecule has 1 unspecified atom stereocenters. The van der Waals surface area contributed by atoms with E-state index >= 15 is 0 Å². The average Bonchev–Trinajstić information content (AvgIpc) is 2.95. The standard InChI is InChI=1S/C13H27NO/c1-6-13(4,5)15-12(10(2)3)9-14-11-7-8-11/h10-12,14H,6-9H2,1-5H3. The Labute approximate surface area is 94.8 Å². The van der Waals surface area contributed by atoms with Gasteiger partial charge in [-0.2, -0.15) is 0 Å². The molecule has 0 amide bonds. The molecule has 0 aromatic heterocycles. The molecule has 0 radical (unpaired) electrons. The number of rotatable bonds is 7. The molecule has 0 aromatic rings. The third-order valence-electron chi connectivity index (χ3n) is 3.25. The number of ether oxygens (including phenoxy) is 1. The van der Waals surface area contributed by atoms with Crippen molar-refractivity contribution in [3.8, 4) is 0 Å². The SMILES string of the molecule is CCC(C)(C)OC(CNC1CC1)C(C)C. The molecule has 1 aliphatic rings. The summed E-state index contributed by atoms with van der Waals surface area (Å²) in [6.07, 6.45) is 4.12. The molecule has 0 spiro atoms. The van der Waals surface area contributed by atoms with E-state index in [2.05, 4.69) is 39.9 Å². The zero-order valence-corrected chi connectivity index (χ0v) is 11.0. The van der Waals surface area contributed by atoms with Crippen molar-refractivity contribution in [1.29, 1.82) is 0 Å². The highest BCUT2D eigenvalue weighted by Crippen LogP contribution is 2.22. The van der Waals surface area contributed by atoms with Gasteiger partial charge in [0, 0.05) is 12.6 Å². The first-order chi connectivity index (χ1) is 6.94. The first kappa shape index (κ1) is 13.0. The first-order valence-corrected chi connectivity index (χ1v) is 6.36. The molecule has 2 heteroatoms. The molecule has 0 bridgehead atoms. The van der Waals surface area contributed by atoms with Crippen molar-refractivity contribution < 1.29 is 4.74 Å². The Morgan fingerprint density at radius 3 is 2.33 bits per heavy atom. The van der Waals surface area contributed by atoms with Crippen molar-refractivity contribution in [2.24, 2.45) is 5.92 Å². The number of nitrogens with one attached hydrogen (secondary N) is 1. The molecule has 0 aromatic carbocycles. The normalized spacial score (nSPS) is 19.6. The molecule has 90 valence electrons. The van der Waals surface area contributed by atoms with Crippen LogP contribution in [-0.4, -0.2) is 24.3 Å². The summed E-state index contributed by atoms with van der Waals surface area (Å²) in [7, 11) is 0.